The van der Waals surface area contributed by atoms with Gasteiger partial charge < -0.3 is 14.6 Å². The molecule has 0 aromatic heterocycles. The first-order chi connectivity index (χ1) is 8.51. The van der Waals surface area contributed by atoms with Crippen molar-refractivity contribution in [3.05, 3.63) is 0 Å². The summed E-state index contributed by atoms with van der Waals surface area (Å²) in [7, 11) is 0. The predicted molar refractivity (Wildman–Crippen MR) is 62.6 cm³/mol. The van der Waals surface area contributed by atoms with Crippen LogP contribution in [-0.4, -0.2) is 35.9 Å². The molecule has 3 unspecified atom stereocenters. The van der Waals surface area contributed by atoms with Crippen molar-refractivity contribution in [1.82, 2.24) is 0 Å². The molecule has 0 spiro atoms. The minimum Gasteiger partial charge on any atom is -0.465 e. The number of hydrogen-bond acceptors (Lipinski definition) is 5. The molecule has 2 aliphatic rings. The molecule has 5 heteroatoms. The summed E-state index contributed by atoms with van der Waals surface area (Å²) >= 11 is 0. The van der Waals surface area contributed by atoms with Gasteiger partial charge in [0.25, 0.3) is 0 Å². The third-order valence-corrected chi connectivity index (χ3v) is 4.25. The lowest BCUT2D eigenvalue weighted by Gasteiger charge is -2.39. The van der Waals surface area contributed by atoms with Crippen molar-refractivity contribution >= 4 is 11.9 Å². The third-order valence-electron chi connectivity index (χ3n) is 4.25. The molecule has 0 radical (unpaired) electrons. The summed E-state index contributed by atoms with van der Waals surface area (Å²) in [6.45, 7) is 3.46. The molecule has 0 saturated heterocycles. The molecule has 0 amide bonds. The number of esters is 2. The zero-order chi connectivity index (χ0) is 13.3. The van der Waals surface area contributed by atoms with Crippen LogP contribution in [0, 0.1) is 11.3 Å². The Kier molecular flexibility index (Phi) is 3.61. The molecule has 2 aliphatic carbocycles. The van der Waals surface area contributed by atoms with Crippen molar-refractivity contribution in [1.29, 1.82) is 0 Å². The Morgan fingerprint density at radius 2 is 2.00 bits per heavy atom. The van der Waals surface area contributed by atoms with Crippen LogP contribution in [-0.2, 0) is 19.1 Å². The minimum atomic E-state index is -0.767. The van der Waals surface area contributed by atoms with Gasteiger partial charge in [-0.05, 0) is 32.6 Å². The topological polar surface area (TPSA) is 72.8 Å². The van der Waals surface area contributed by atoms with Crippen LogP contribution in [0.25, 0.3) is 0 Å². The van der Waals surface area contributed by atoms with Crippen LogP contribution in [0.3, 0.4) is 0 Å². The van der Waals surface area contributed by atoms with Gasteiger partial charge >= 0.3 is 11.9 Å². The Morgan fingerprint density at radius 3 is 2.61 bits per heavy atom. The number of rotatable bonds is 3. The van der Waals surface area contributed by atoms with Crippen LogP contribution in [0.4, 0.5) is 0 Å². The lowest BCUT2D eigenvalue weighted by Crippen LogP contribution is -2.49. The van der Waals surface area contributed by atoms with Gasteiger partial charge in [-0.15, -0.1) is 0 Å². The van der Waals surface area contributed by atoms with E-state index in [0.29, 0.717) is 32.3 Å². The molecule has 0 heterocycles. The molecule has 2 fully saturated rings. The van der Waals surface area contributed by atoms with Crippen molar-refractivity contribution in [2.24, 2.45) is 11.3 Å². The summed E-state index contributed by atoms with van der Waals surface area (Å²) in [5, 5.41) is 10.3. The summed E-state index contributed by atoms with van der Waals surface area (Å²) in [6, 6.07) is 0. The van der Waals surface area contributed by atoms with Gasteiger partial charge in [0.05, 0.1) is 18.1 Å². The summed E-state index contributed by atoms with van der Waals surface area (Å²) in [6.07, 6.45) is 1.46. The highest BCUT2D eigenvalue weighted by Crippen LogP contribution is 2.53. The number of ether oxygens (including phenoxy) is 2. The first-order valence-electron chi connectivity index (χ1n) is 6.54. The molecule has 5 nitrogen and oxygen atoms in total. The Labute approximate surface area is 106 Å². The van der Waals surface area contributed by atoms with E-state index in [1.807, 2.05) is 0 Å². The molecule has 2 rings (SSSR count). The molecule has 102 valence electrons. The van der Waals surface area contributed by atoms with Crippen molar-refractivity contribution in [2.75, 3.05) is 6.61 Å². The standard InChI is InChI=1S/C13H20O5/c1-3-17-12(16)13-6-4-9(11(13)15)10(5-7-13)18-8(2)14/h9-11,15H,3-7H2,1-2H3/t9?,10-,11?,13?/m0/s1. The lowest BCUT2D eigenvalue weighted by atomic mass is 9.72. The zero-order valence-electron chi connectivity index (χ0n) is 10.8. The second-order valence-corrected chi connectivity index (χ2v) is 5.21. The van der Waals surface area contributed by atoms with Gasteiger partial charge in [-0.1, -0.05) is 0 Å². The molecule has 0 aromatic rings. The number of carbonyl (C=O) groups excluding carboxylic acids is 2. The molecule has 0 aromatic carbocycles. The molecule has 18 heavy (non-hydrogen) atoms. The fourth-order valence-electron chi connectivity index (χ4n) is 3.37. The fourth-order valence-corrected chi connectivity index (χ4v) is 3.37. The first kappa shape index (κ1) is 13.3. The number of hydrogen-bond donors (Lipinski definition) is 1. The molecule has 0 aliphatic heterocycles. The van der Waals surface area contributed by atoms with Crippen LogP contribution >= 0.6 is 0 Å². The van der Waals surface area contributed by atoms with E-state index >= 15 is 0 Å². The number of aliphatic hydroxyl groups is 1. The normalized spacial score (nSPS) is 38.3. The smallest absolute Gasteiger partial charge is 0.314 e. The maximum absolute atomic E-state index is 12.0. The fraction of sp³-hybridized carbons (Fsp3) is 0.846. The van der Waals surface area contributed by atoms with Crippen molar-refractivity contribution in [3.8, 4) is 0 Å². The number of carbonyl (C=O) groups is 2. The van der Waals surface area contributed by atoms with Gasteiger partial charge in [0.2, 0.25) is 0 Å². The summed E-state index contributed by atoms with van der Waals surface area (Å²) < 4.78 is 10.3. The van der Waals surface area contributed by atoms with E-state index in [1.54, 1.807) is 6.92 Å². The second kappa shape index (κ2) is 4.88. The average Bonchev–Trinajstić information content (AvgIpc) is 2.52. The van der Waals surface area contributed by atoms with Gasteiger partial charge in [-0.2, -0.15) is 0 Å². The van der Waals surface area contributed by atoms with E-state index in [-0.39, 0.29) is 24.0 Å². The highest BCUT2D eigenvalue weighted by Gasteiger charge is 2.59. The number of fused-ring (bicyclic) bond motifs is 2. The van der Waals surface area contributed by atoms with Crippen LogP contribution < -0.4 is 0 Å². The first-order valence-corrected chi connectivity index (χ1v) is 6.54. The maximum Gasteiger partial charge on any atom is 0.314 e. The Morgan fingerprint density at radius 1 is 1.33 bits per heavy atom. The summed E-state index contributed by atoms with van der Waals surface area (Å²) in [4.78, 5) is 23.0. The average molecular weight is 256 g/mol. The van der Waals surface area contributed by atoms with E-state index in [9.17, 15) is 14.7 Å². The summed E-state index contributed by atoms with van der Waals surface area (Å²) in [5.74, 6) is -0.768. The van der Waals surface area contributed by atoms with Gasteiger partial charge in [0.15, 0.2) is 0 Å². The van der Waals surface area contributed by atoms with Crippen molar-refractivity contribution < 1.29 is 24.2 Å². The molecule has 1 N–H and O–H groups in total. The Hall–Kier alpha value is -1.10. The lowest BCUT2D eigenvalue weighted by molar-refractivity contribution is -0.173. The van der Waals surface area contributed by atoms with E-state index in [4.69, 9.17) is 9.47 Å². The van der Waals surface area contributed by atoms with Crippen LogP contribution in [0.2, 0.25) is 0 Å². The second-order valence-electron chi connectivity index (χ2n) is 5.21. The van der Waals surface area contributed by atoms with E-state index in [1.165, 1.54) is 6.92 Å². The highest BCUT2D eigenvalue weighted by molar-refractivity contribution is 5.78. The van der Waals surface area contributed by atoms with Crippen LogP contribution in [0.1, 0.15) is 39.5 Å². The predicted octanol–water partition coefficient (Wildman–Crippen LogP) is 1.03. The minimum absolute atomic E-state index is 0.132. The van der Waals surface area contributed by atoms with Crippen LogP contribution in [0.5, 0.6) is 0 Å². The zero-order valence-corrected chi connectivity index (χ0v) is 10.8. The molecular weight excluding hydrogens is 236 g/mol. The Bertz CT molecular complexity index is 353. The van der Waals surface area contributed by atoms with Gasteiger partial charge in [-0.25, -0.2) is 0 Å². The molecule has 2 saturated carbocycles. The molecular formula is C13H20O5. The Balaban J connectivity index is 2.12. The van der Waals surface area contributed by atoms with Crippen LogP contribution in [0.15, 0.2) is 0 Å². The highest BCUT2D eigenvalue weighted by atomic mass is 16.5. The van der Waals surface area contributed by atoms with Crippen molar-refractivity contribution in [3.63, 3.8) is 0 Å². The van der Waals surface area contributed by atoms with Gasteiger partial charge in [0, 0.05) is 12.8 Å². The van der Waals surface area contributed by atoms with E-state index in [2.05, 4.69) is 0 Å². The molecule has 4 atom stereocenters. The quantitative estimate of drug-likeness (QED) is 0.764. The van der Waals surface area contributed by atoms with E-state index < -0.39 is 11.5 Å². The third kappa shape index (κ3) is 2.00. The van der Waals surface area contributed by atoms with Gasteiger partial charge in [-0.3, -0.25) is 9.59 Å². The SMILES string of the molecule is CCOC(=O)C12CCC(C1O)[C@@H](OC(C)=O)CC2. The maximum atomic E-state index is 12.0. The molecule has 2 bridgehead atoms. The van der Waals surface area contributed by atoms with E-state index in [0.717, 1.165) is 0 Å². The van der Waals surface area contributed by atoms with Gasteiger partial charge in [0.1, 0.15) is 6.10 Å². The largest absolute Gasteiger partial charge is 0.465 e. The monoisotopic (exact) mass is 256 g/mol. The number of aliphatic hydroxyl groups excluding tert-OH is 1. The van der Waals surface area contributed by atoms with Crippen molar-refractivity contribution in [2.45, 2.75) is 51.7 Å². The summed E-state index contributed by atoms with van der Waals surface area (Å²) in [5.41, 5.74) is -0.767.